The number of halogens is 1. The van der Waals surface area contributed by atoms with Gasteiger partial charge in [0.2, 0.25) is 0 Å². The SMILES string of the molecule is C[C@H]1CCc2sc(-c3ccncc3)cc2C(O)(c2ccc(Cl)cc2)CC1. The molecule has 2 aromatic heterocycles. The van der Waals surface area contributed by atoms with Gasteiger partial charge in [0, 0.05) is 32.7 Å². The lowest BCUT2D eigenvalue weighted by Crippen LogP contribution is -2.30. The molecule has 1 aromatic carbocycles. The molecule has 0 spiro atoms. The van der Waals surface area contributed by atoms with Crippen molar-refractivity contribution in [2.24, 2.45) is 5.92 Å². The number of aliphatic hydroxyl groups is 1. The summed E-state index contributed by atoms with van der Waals surface area (Å²) in [5.41, 5.74) is 2.18. The first-order valence-electron chi connectivity index (χ1n) is 9.08. The number of hydrogen-bond acceptors (Lipinski definition) is 3. The zero-order valence-corrected chi connectivity index (χ0v) is 16.4. The molecule has 0 saturated heterocycles. The molecular weight excluding hydrogens is 362 g/mol. The molecule has 2 atom stereocenters. The number of aryl methyl sites for hydroxylation is 1. The van der Waals surface area contributed by atoms with Crippen molar-refractivity contribution in [3.05, 3.63) is 75.9 Å². The van der Waals surface area contributed by atoms with Crippen molar-refractivity contribution in [3.63, 3.8) is 0 Å². The highest BCUT2D eigenvalue weighted by molar-refractivity contribution is 7.15. The van der Waals surface area contributed by atoms with E-state index in [1.54, 1.807) is 11.3 Å². The first-order chi connectivity index (χ1) is 12.6. The Balaban J connectivity index is 1.85. The molecule has 1 aliphatic rings. The lowest BCUT2D eigenvalue weighted by Gasteiger charge is -2.33. The quantitative estimate of drug-likeness (QED) is 0.583. The molecule has 0 bridgehead atoms. The summed E-state index contributed by atoms with van der Waals surface area (Å²) < 4.78 is 0. The second kappa shape index (κ2) is 7.15. The summed E-state index contributed by atoms with van der Waals surface area (Å²) in [5.74, 6) is 0.605. The molecule has 4 rings (SSSR count). The number of thiophene rings is 1. The van der Waals surface area contributed by atoms with E-state index in [4.69, 9.17) is 11.6 Å². The van der Waals surface area contributed by atoms with E-state index in [0.717, 1.165) is 36.0 Å². The summed E-state index contributed by atoms with van der Waals surface area (Å²) in [7, 11) is 0. The normalized spacial score (nSPS) is 23.1. The molecule has 0 fully saturated rings. The van der Waals surface area contributed by atoms with E-state index in [-0.39, 0.29) is 0 Å². The van der Waals surface area contributed by atoms with Crippen LogP contribution in [0, 0.1) is 5.92 Å². The molecule has 26 heavy (non-hydrogen) atoms. The zero-order valence-electron chi connectivity index (χ0n) is 14.8. The fourth-order valence-electron chi connectivity index (χ4n) is 3.76. The van der Waals surface area contributed by atoms with Gasteiger partial charge in [-0.15, -0.1) is 11.3 Å². The summed E-state index contributed by atoms with van der Waals surface area (Å²) in [6, 6.07) is 13.9. The maximum atomic E-state index is 11.8. The van der Waals surface area contributed by atoms with E-state index in [9.17, 15) is 5.11 Å². The Morgan fingerprint density at radius 3 is 2.58 bits per heavy atom. The number of fused-ring (bicyclic) bond motifs is 1. The van der Waals surface area contributed by atoms with Crippen LogP contribution in [-0.4, -0.2) is 10.1 Å². The van der Waals surface area contributed by atoms with Gasteiger partial charge in [0.25, 0.3) is 0 Å². The molecule has 0 aliphatic heterocycles. The number of benzene rings is 1. The predicted molar refractivity (Wildman–Crippen MR) is 109 cm³/mol. The summed E-state index contributed by atoms with van der Waals surface area (Å²) in [6.45, 7) is 2.28. The van der Waals surface area contributed by atoms with Crippen LogP contribution in [0.3, 0.4) is 0 Å². The number of nitrogens with zero attached hydrogens (tertiary/aromatic N) is 1. The standard InChI is InChI=1S/C22H22ClNOS/c1-15-2-7-20-19(14-21(26-20)16-9-12-24-13-10-16)22(25,11-8-15)17-3-5-18(23)6-4-17/h3-6,9-10,12-15,25H,2,7-8,11H2,1H3/t15-,22?/m0/s1. The van der Waals surface area contributed by atoms with Crippen LogP contribution in [0.4, 0.5) is 0 Å². The van der Waals surface area contributed by atoms with Gasteiger partial charge in [0.1, 0.15) is 5.60 Å². The maximum absolute atomic E-state index is 11.8. The van der Waals surface area contributed by atoms with Crippen molar-refractivity contribution in [2.75, 3.05) is 0 Å². The van der Waals surface area contributed by atoms with Crippen molar-refractivity contribution in [2.45, 2.75) is 38.2 Å². The van der Waals surface area contributed by atoms with E-state index >= 15 is 0 Å². The van der Waals surface area contributed by atoms with Crippen molar-refractivity contribution in [1.29, 1.82) is 0 Å². The van der Waals surface area contributed by atoms with Crippen LogP contribution in [-0.2, 0) is 12.0 Å². The molecule has 2 heterocycles. The van der Waals surface area contributed by atoms with Crippen molar-refractivity contribution < 1.29 is 5.11 Å². The molecule has 1 N–H and O–H groups in total. The lowest BCUT2D eigenvalue weighted by molar-refractivity contribution is 0.0609. The van der Waals surface area contributed by atoms with Gasteiger partial charge in [0.05, 0.1) is 0 Å². The molecule has 2 nitrogen and oxygen atoms in total. The molecule has 134 valence electrons. The topological polar surface area (TPSA) is 33.1 Å². The van der Waals surface area contributed by atoms with Crippen LogP contribution >= 0.6 is 22.9 Å². The Labute approximate surface area is 163 Å². The molecule has 3 aromatic rings. The third kappa shape index (κ3) is 3.32. The zero-order chi connectivity index (χ0) is 18.1. The van der Waals surface area contributed by atoms with Gasteiger partial charge >= 0.3 is 0 Å². The van der Waals surface area contributed by atoms with Gasteiger partial charge in [-0.1, -0.05) is 30.7 Å². The minimum Gasteiger partial charge on any atom is -0.380 e. The minimum absolute atomic E-state index is 0.605. The van der Waals surface area contributed by atoms with Gasteiger partial charge in [-0.05, 0) is 73.1 Å². The van der Waals surface area contributed by atoms with Crippen LogP contribution in [0.1, 0.15) is 42.2 Å². The molecule has 0 radical (unpaired) electrons. The second-order valence-electron chi connectivity index (χ2n) is 7.23. The Hall–Kier alpha value is -1.68. The van der Waals surface area contributed by atoms with Crippen LogP contribution < -0.4 is 0 Å². The summed E-state index contributed by atoms with van der Waals surface area (Å²) in [6.07, 6.45) is 7.57. The van der Waals surface area contributed by atoms with Gasteiger partial charge in [-0.2, -0.15) is 0 Å². The Bertz CT molecular complexity index is 890. The number of hydrogen-bond donors (Lipinski definition) is 1. The van der Waals surface area contributed by atoms with Gasteiger partial charge in [-0.3, -0.25) is 4.98 Å². The highest BCUT2D eigenvalue weighted by Crippen LogP contribution is 2.45. The lowest BCUT2D eigenvalue weighted by atomic mass is 9.77. The number of rotatable bonds is 2. The van der Waals surface area contributed by atoms with Gasteiger partial charge < -0.3 is 5.11 Å². The molecule has 0 amide bonds. The van der Waals surface area contributed by atoms with Crippen LogP contribution in [0.25, 0.3) is 10.4 Å². The molecule has 1 aliphatic carbocycles. The molecular formula is C22H22ClNOS. The Kier molecular flexibility index (Phi) is 4.87. The van der Waals surface area contributed by atoms with E-state index in [0.29, 0.717) is 10.9 Å². The minimum atomic E-state index is -0.962. The van der Waals surface area contributed by atoms with Gasteiger partial charge in [0.15, 0.2) is 0 Å². The highest BCUT2D eigenvalue weighted by atomic mass is 35.5. The fraction of sp³-hybridized carbons (Fsp3) is 0.318. The molecule has 1 unspecified atom stereocenters. The smallest absolute Gasteiger partial charge is 0.116 e. The van der Waals surface area contributed by atoms with Crippen molar-refractivity contribution in [3.8, 4) is 10.4 Å². The summed E-state index contributed by atoms with van der Waals surface area (Å²) >= 11 is 7.88. The average molecular weight is 384 g/mol. The summed E-state index contributed by atoms with van der Waals surface area (Å²) in [4.78, 5) is 6.61. The molecule has 4 heteroatoms. The predicted octanol–water partition coefficient (Wildman–Crippen LogP) is 6.06. The average Bonchev–Trinajstić information content (AvgIpc) is 3.09. The van der Waals surface area contributed by atoms with Crippen LogP contribution in [0.2, 0.25) is 5.02 Å². The first kappa shape index (κ1) is 17.7. The summed E-state index contributed by atoms with van der Waals surface area (Å²) in [5, 5.41) is 12.5. The third-order valence-corrected chi connectivity index (χ3v) is 6.90. The van der Waals surface area contributed by atoms with E-state index < -0.39 is 5.60 Å². The number of aromatic nitrogens is 1. The monoisotopic (exact) mass is 383 g/mol. The van der Waals surface area contributed by atoms with Crippen LogP contribution in [0.5, 0.6) is 0 Å². The molecule has 0 saturated carbocycles. The van der Waals surface area contributed by atoms with E-state index in [1.807, 2.05) is 48.8 Å². The Morgan fingerprint density at radius 2 is 1.85 bits per heavy atom. The first-order valence-corrected chi connectivity index (χ1v) is 10.3. The number of pyridine rings is 1. The van der Waals surface area contributed by atoms with Crippen LogP contribution in [0.15, 0.2) is 54.9 Å². The second-order valence-corrected chi connectivity index (χ2v) is 8.81. The van der Waals surface area contributed by atoms with E-state index in [1.165, 1.54) is 16.2 Å². The maximum Gasteiger partial charge on any atom is 0.116 e. The van der Waals surface area contributed by atoms with E-state index in [2.05, 4.69) is 18.0 Å². The largest absolute Gasteiger partial charge is 0.380 e. The Morgan fingerprint density at radius 1 is 1.12 bits per heavy atom. The third-order valence-electron chi connectivity index (χ3n) is 5.40. The fourth-order valence-corrected chi connectivity index (χ4v) is 5.14. The van der Waals surface area contributed by atoms with Crippen molar-refractivity contribution in [1.82, 2.24) is 4.98 Å². The van der Waals surface area contributed by atoms with Crippen molar-refractivity contribution >= 4 is 22.9 Å². The highest BCUT2D eigenvalue weighted by Gasteiger charge is 2.36. The van der Waals surface area contributed by atoms with Gasteiger partial charge in [-0.25, -0.2) is 0 Å².